The van der Waals surface area contributed by atoms with E-state index in [4.69, 9.17) is 5.41 Å². The van der Waals surface area contributed by atoms with Gasteiger partial charge in [-0.05, 0) is 6.07 Å². The highest BCUT2D eigenvalue weighted by Crippen LogP contribution is 2.11. The van der Waals surface area contributed by atoms with Gasteiger partial charge in [0.05, 0.1) is 5.52 Å². The Balaban J connectivity index is 2.86. The van der Waals surface area contributed by atoms with Gasteiger partial charge in [-0.25, -0.2) is 0 Å². The Kier molecular flexibility index (Phi) is 1.22. The van der Waals surface area contributed by atoms with Crippen LogP contribution < -0.4 is 5.41 Å². The largest absolute Gasteiger partial charge is 0.271 e. The van der Waals surface area contributed by atoms with Crippen molar-refractivity contribution in [2.24, 2.45) is 0 Å². The van der Waals surface area contributed by atoms with E-state index in [1.165, 1.54) is 6.21 Å². The summed E-state index contributed by atoms with van der Waals surface area (Å²) in [4.78, 5) is 0. The summed E-state index contributed by atoms with van der Waals surface area (Å²) in [6.45, 7) is 0. The lowest BCUT2D eigenvalue weighted by molar-refractivity contribution is -0.104. The second kappa shape index (κ2) is 2.20. The first-order valence-electron chi connectivity index (χ1n) is 3.40. The minimum Gasteiger partial charge on any atom is -0.271 e. The number of benzene rings is 1. The van der Waals surface area contributed by atoms with Gasteiger partial charge in [-0.15, -0.1) is 0 Å². The van der Waals surface area contributed by atoms with Crippen molar-refractivity contribution >= 4 is 17.1 Å². The first-order valence-corrected chi connectivity index (χ1v) is 3.40. The first kappa shape index (κ1) is 6.09. The van der Waals surface area contributed by atoms with Crippen LogP contribution >= 0.6 is 0 Å². The summed E-state index contributed by atoms with van der Waals surface area (Å²) in [5, 5.41) is 13.3. The van der Waals surface area contributed by atoms with E-state index >= 15 is 0 Å². The van der Waals surface area contributed by atoms with E-state index in [9.17, 15) is 0 Å². The Morgan fingerprint density at radius 2 is 2.18 bits per heavy atom. The van der Waals surface area contributed by atoms with Crippen molar-refractivity contribution in [3.05, 3.63) is 30.0 Å². The average molecular weight is 146 g/mol. The molecule has 3 N–H and O–H groups in total. The van der Waals surface area contributed by atoms with Gasteiger partial charge in [0.25, 0.3) is 0 Å². The van der Waals surface area contributed by atoms with Crippen LogP contribution in [0.3, 0.4) is 0 Å². The fraction of sp³-hybridized carbons (Fsp3) is 0. The van der Waals surface area contributed by atoms with Gasteiger partial charge in [-0.1, -0.05) is 18.2 Å². The zero-order chi connectivity index (χ0) is 7.68. The lowest BCUT2D eigenvalue weighted by atomic mass is 10.2. The quantitative estimate of drug-likeness (QED) is 0.535. The van der Waals surface area contributed by atoms with E-state index in [2.05, 4.69) is 10.2 Å². The molecule has 0 spiro atoms. The van der Waals surface area contributed by atoms with Crippen molar-refractivity contribution in [3.8, 4) is 0 Å². The number of H-pyrrole nitrogens is 1. The van der Waals surface area contributed by atoms with Gasteiger partial charge in [0.1, 0.15) is 5.69 Å². The predicted octanol–water partition coefficient (Wildman–Crippen LogP) is -0.259. The van der Waals surface area contributed by atoms with Crippen LogP contribution in [0, 0.1) is 0 Å². The molecule has 0 bridgehead atoms. The molecule has 0 saturated heterocycles. The molecule has 1 aromatic heterocycles. The van der Waals surface area contributed by atoms with Crippen LogP contribution in [-0.4, -0.2) is 16.4 Å². The molecule has 3 nitrogen and oxygen atoms in total. The normalized spacial score (nSPS) is 10.2. The number of nitrogens with zero attached hydrogens (tertiary/aromatic N) is 1. The van der Waals surface area contributed by atoms with E-state index in [1.807, 2.05) is 24.3 Å². The van der Waals surface area contributed by atoms with Crippen molar-refractivity contribution in [3.63, 3.8) is 0 Å². The van der Waals surface area contributed by atoms with Gasteiger partial charge in [-0.2, -0.15) is 5.10 Å². The smallest absolute Gasteiger partial charge is 0.186 e. The zero-order valence-electron chi connectivity index (χ0n) is 5.91. The number of aromatic amines is 1. The second-order valence-corrected chi connectivity index (χ2v) is 2.32. The summed E-state index contributed by atoms with van der Waals surface area (Å²) in [6, 6.07) is 7.84. The van der Waals surface area contributed by atoms with Gasteiger partial charge < -0.3 is 0 Å². The number of fused-ring (bicyclic) bond motifs is 1. The van der Waals surface area contributed by atoms with Crippen LogP contribution in [0.25, 0.3) is 10.9 Å². The molecule has 0 aliphatic rings. The number of rotatable bonds is 1. The number of hydrogen-bond acceptors (Lipinski definition) is 1. The number of hydrogen-bond donors (Lipinski definition) is 2. The average Bonchev–Trinajstić information content (AvgIpc) is 2.47. The molecule has 54 valence electrons. The molecule has 0 unspecified atom stereocenters. The highest BCUT2D eigenvalue weighted by atomic mass is 15.1. The molecule has 3 heteroatoms. The van der Waals surface area contributed by atoms with Crippen molar-refractivity contribution < 1.29 is 5.41 Å². The van der Waals surface area contributed by atoms with Crippen molar-refractivity contribution in [2.45, 2.75) is 0 Å². The Labute approximate surface area is 63.6 Å². The molecule has 0 radical (unpaired) electrons. The summed E-state index contributed by atoms with van der Waals surface area (Å²) in [5.41, 5.74) is 1.82. The van der Waals surface area contributed by atoms with E-state index in [0.29, 0.717) is 0 Å². The molecule has 2 aromatic rings. The van der Waals surface area contributed by atoms with Crippen LogP contribution in [0.15, 0.2) is 24.3 Å². The third-order valence-corrected chi connectivity index (χ3v) is 1.66. The molecule has 1 aromatic carbocycles. The van der Waals surface area contributed by atoms with Gasteiger partial charge in [0.15, 0.2) is 6.21 Å². The maximum Gasteiger partial charge on any atom is 0.186 e. The lowest BCUT2D eigenvalue weighted by Gasteiger charge is -1.83. The minimum atomic E-state index is 0.876. The third kappa shape index (κ3) is 0.816. The molecular weight excluding hydrogens is 138 g/mol. The molecule has 0 saturated carbocycles. The Morgan fingerprint density at radius 1 is 1.36 bits per heavy atom. The summed E-state index contributed by atoms with van der Waals surface area (Å²) < 4.78 is 0. The van der Waals surface area contributed by atoms with Crippen LogP contribution in [0.2, 0.25) is 0 Å². The second-order valence-electron chi connectivity index (χ2n) is 2.32. The Bertz CT molecular complexity index is 389. The van der Waals surface area contributed by atoms with Crippen LogP contribution in [0.1, 0.15) is 5.69 Å². The summed E-state index contributed by atoms with van der Waals surface area (Å²) in [6.07, 6.45) is 1.52. The topological polar surface area (TPSA) is 54.3 Å². The van der Waals surface area contributed by atoms with E-state index < -0.39 is 0 Å². The Hall–Kier alpha value is -1.64. The number of nitrogens with two attached hydrogens (primary N) is 1. The zero-order valence-corrected chi connectivity index (χ0v) is 5.91. The maximum atomic E-state index is 5.36. The summed E-state index contributed by atoms with van der Waals surface area (Å²) >= 11 is 0. The van der Waals surface area contributed by atoms with Gasteiger partial charge in [-0.3, -0.25) is 10.5 Å². The van der Waals surface area contributed by atoms with Gasteiger partial charge in [0.2, 0.25) is 0 Å². The lowest BCUT2D eigenvalue weighted by Crippen LogP contribution is -2.30. The molecule has 0 fully saturated rings. The van der Waals surface area contributed by atoms with Crippen molar-refractivity contribution in [1.82, 2.24) is 10.2 Å². The number of aromatic nitrogens is 2. The monoisotopic (exact) mass is 146 g/mol. The number of nitrogens with one attached hydrogen (secondary N) is 1. The standard InChI is InChI=1S/C8H7N3/c9-5-8-6-3-1-2-4-7(6)10-11-8/h1-5,9H,(H,10,11)/p+1. The van der Waals surface area contributed by atoms with Gasteiger partial charge in [0, 0.05) is 5.39 Å². The predicted molar refractivity (Wildman–Crippen MR) is 43.2 cm³/mol. The fourth-order valence-corrected chi connectivity index (χ4v) is 1.11. The van der Waals surface area contributed by atoms with E-state index in [0.717, 1.165) is 16.6 Å². The molecule has 11 heavy (non-hydrogen) atoms. The molecular formula is C8H8N3+. The molecule has 1 heterocycles. The third-order valence-electron chi connectivity index (χ3n) is 1.66. The van der Waals surface area contributed by atoms with Crippen LogP contribution in [-0.2, 0) is 0 Å². The minimum absolute atomic E-state index is 0.876. The van der Waals surface area contributed by atoms with Crippen LogP contribution in [0.5, 0.6) is 0 Å². The Morgan fingerprint density at radius 3 is 3.00 bits per heavy atom. The first-order chi connectivity index (χ1) is 5.42. The highest BCUT2D eigenvalue weighted by molar-refractivity contribution is 5.94. The summed E-state index contributed by atoms with van der Waals surface area (Å²) in [7, 11) is 0. The molecule has 0 atom stereocenters. The van der Waals surface area contributed by atoms with Crippen LogP contribution in [0.4, 0.5) is 0 Å². The molecule has 0 aliphatic carbocycles. The molecule has 0 amide bonds. The maximum absolute atomic E-state index is 5.36. The number of para-hydroxylation sites is 1. The molecule has 0 aliphatic heterocycles. The summed E-state index contributed by atoms with van der Waals surface area (Å²) in [5.74, 6) is 0. The van der Waals surface area contributed by atoms with Crippen molar-refractivity contribution in [1.29, 1.82) is 0 Å². The SMILES string of the molecule is [NH2+]=Cc1[nH]nc2ccccc12. The molecule has 2 rings (SSSR count). The van der Waals surface area contributed by atoms with Crippen molar-refractivity contribution in [2.75, 3.05) is 0 Å². The van der Waals surface area contributed by atoms with E-state index in [1.54, 1.807) is 0 Å². The highest BCUT2D eigenvalue weighted by Gasteiger charge is 2.01. The fourth-order valence-electron chi connectivity index (χ4n) is 1.11. The van der Waals surface area contributed by atoms with Gasteiger partial charge >= 0.3 is 0 Å². The van der Waals surface area contributed by atoms with E-state index in [-0.39, 0.29) is 0 Å².